The Kier molecular flexibility index (Phi) is 4.12. The number of hydrogen-bond donors (Lipinski definition) is 0. The van der Waals surface area contributed by atoms with Crippen molar-refractivity contribution in [3.63, 3.8) is 0 Å². The summed E-state index contributed by atoms with van der Waals surface area (Å²) >= 11 is 3.46. The third kappa shape index (κ3) is 2.46. The molecule has 1 aromatic heterocycles. The minimum absolute atomic E-state index is 0.0648. The molecule has 0 radical (unpaired) electrons. The summed E-state index contributed by atoms with van der Waals surface area (Å²) in [7, 11) is 0. The zero-order chi connectivity index (χ0) is 13.1. The van der Waals surface area contributed by atoms with Crippen molar-refractivity contribution in [1.82, 2.24) is 4.98 Å². The molecule has 1 aromatic carbocycles. The van der Waals surface area contributed by atoms with Crippen molar-refractivity contribution in [1.29, 1.82) is 0 Å². The van der Waals surface area contributed by atoms with Crippen LogP contribution < -0.4 is 0 Å². The van der Waals surface area contributed by atoms with Crippen molar-refractivity contribution in [3.05, 3.63) is 40.5 Å². The Labute approximate surface area is 116 Å². The lowest BCUT2D eigenvalue weighted by Gasteiger charge is -2.12. The molecule has 18 heavy (non-hydrogen) atoms. The second-order valence-electron chi connectivity index (χ2n) is 4.39. The minimum Gasteiger partial charge on any atom is -0.292 e. The van der Waals surface area contributed by atoms with Crippen molar-refractivity contribution < 1.29 is 4.79 Å². The third-order valence-electron chi connectivity index (χ3n) is 3.27. The summed E-state index contributed by atoms with van der Waals surface area (Å²) in [6.45, 7) is 4.09. The van der Waals surface area contributed by atoms with Gasteiger partial charge in [0.05, 0.1) is 5.52 Å². The summed E-state index contributed by atoms with van der Waals surface area (Å²) in [6.07, 6.45) is 1.71. The standard InChI is InChI=1S/C15H16BrNO/c1-3-10(4-2)15(18)14-12(16)9-11-7-5-6-8-13(11)17-14/h5-10H,3-4H2,1-2H3. The molecule has 0 amide bonds. The van der Waals surface area contributed by atoms with Crippen LogP contribution in [0.5, 0.6) is 0 Å². The van der Waals surface area contributed by atoms with Crippen LogP contribution in [0.25, 0.3) is 10.9 Å². The van der Waals surface area contributed by atoms with Crippen molar-refractivity contribution in [3.8, 4) is 0 Å². The number of pyridine rings is 1. The van der Waals surface area contributed by atoms with Gasteiger partial charge in [-0.25, -0.2) is 4.98 Å². The highest BCUT2D eigenvalue weighted by Gasteiger charge is 2.20. The van der Waals surface area contributed by atoms with Crippen LogP contribution in [-0.2, 0) is 0 Å². The molecule has 0 spiro atoms. The Hall–Kier alpha value is -1.22. The van der Waals surface area contributed by atoms with Gasteiger partial charge in [0.15, 0.2) is 5.78 Å². The zero-order valence-corrected chi connectivity index (χ0v) is 12.2. The number of Topliss-reactive ketones (excluding diaryl/α,β-unsaturated/α-hetero) is 1. The van der Waals surface area contributed by atoms with Gasteiger partial charge in [0.1, 0.15) is 5.69 Å². The number of para-hydroxylation sites is 1. The Morgan fingerprint density at radius 1 is 1.28 bits per heavy atom. The molecule has 2 aromatic rings. The van der Waals surface area contributed by atoms with Gasteiger partial charge >= 0.3 is 0 Å². The predicted octanol–water partition coefficient (Wildman–Crippen LogP) is 4.62. The van der Waals surface area contributed by atoms with Crippen LogP contribution in [0.2, 0.25) is 0 Å². The smallest absolute Gasteiger partial charge is 0.185 e. The molecule has 0 N–H and O–H groups in total. The molecule has 94 valence electrons. The first-order valence-corrected chi connectivity index (χ1v) is 7.06. The maximum Gasteiger partial charge on any atom is 0.185 e. The van der Waals surface area contributed by atoms with Gasteiger partial charge in [-0.1, -0.05) is 32.0 Å². The van der Waals surface area contributed by atoms with Crippen molar-refractivity contribution in [2.24, 2.45) is 5.92 Å². The summed E-state index contributed by atoms with van der Waals surface area (Å²) in [5, 5.41) is 1.05. The molecule has 1 heterocycles. The second kappa shape index (κ2) is 5.61. The summed E-state index contributed by atoms with van der Waals surface area (Å²) in [5.41, 5.74) is 1.43. The monoisotopic (exact) mass is 305 g/mol. The van der Waals surface area contributed by atoms with Gasteiger partial charge < -0.3 is 0 Å². The van der Waals surface area contributed by atoms with Gasteiger partial charge in [0, 0.05) is 15.8 Å². The largest absolute Gasteiger partial charge is 0.292 e. The van der Waals surface area contributed by atoms with Gasteiger partial charge in [-0.05, 0) is 40.9 Å². The topological polar surface area (TPSA) is 30.0 Å². The van der Waals surface area contributed by atoms with Gasteiger partial charge in [0.25, 0.3) is 0 Å². The molecular formula is C15H16BrNO. The van der Waals surface area contributed by atoms with Gasteiger partial charge in [-0.3, -0.25) is 4.79 Å². The van der Waals surface area contributed by atoms with Crippen molar-refractivity contribution in [2.75, 3.05) is 0 Å². The van der Waals surface area contributed by atoms with Gasteiger partial charge in [0.2, 0.25) is 0 Å². The van der Waals surface area contributed by atoms with E-state index in [9.17, 15) is 4.79 Å². The van der Waals surface area contributed by atoms with Gasteiger partial charge in [-0.15, -0.1) is 0 Å². The molecular weight excluding hydrogens is 290 g/mol. The third-order valence-corrected chi connectivity index (χ3v) is 3.87. The van der Waals surface area contributed by atoms with E-state index in [1.165, 1.54) is 0 Å². The summed E-state index contributed by atoms with van der Waals surface area (Å²) in [4.78, 5) is 16.9. The Morgan fingerprint density at radius 2 is 1.94 bits per heavy atom. The lowest BCUT2D eigenvalue weighted by atomic mass is 9.95. The zero-order valence-electron chi connectivity index (χ0n) is 10.6. The van der Waals surface area contributed by atoms with Crippen LogP contribution in [0, 0.1) is 5.92 Å². The van der Waals surface area contributed by atoms with Crippen LogP contribution in [-0.4, -0.2) is 10.8 Å². The van der Waals surface area contributed by atoms with E-state index in [0.29, 0.717) is 5.69 Å². The van der Waals surface area contributed by atoms with E-state index in [2.05, 4.69) is 20.9 Å². The first-order valence-electron chi connectivity index (χ1n) is 6.26. The number of ketones is 1. The lowest BCUT2D eigenvalue weighted by molar-refractivity contribution is 0.0908. The molecule has 0 saturated heterocycles. The van der Waals surface area contributed by atoms with Gasteiger partial charge in [-0.2, -0.15) is 0 Å². The van der Waals surface area contributed by atoms with Crippen LogP contribution in [0.1, 0.15) is 37.2 Å². The molecule has 0 atom stereocenters. The first kappa shape index (κ1) is 13.2. The quantitative estimate of drug-likeness (QED) is 0.772. The van der Waals surface area contributed by atoms with E-state index < -0.39 is 0 Å². The molecule has 0 aliphatic carbocycles. The summed E-state index contributed by atoms with van der Waals surface area (Å²) in [6, 6.07) is 9.81. The van der Waals surface area contributed by atoms with E-state index in [1.54, 1.807) is 0 Å². The van der Waals surface area contributed by atoms with E-state index in [0.717, 1.165) is 28.2 Å². The first-order chi connectivity index (χ1) is 8.67. The molecule has 0 bridgehead atoms. The number of carbonyl (C=O) groups is 1. The molecule has 3 heteroatoms. The Morgan fingerprint density at radius 3 is 2.61 bits per heavy atom. The molecule has 0 saturated carbocycles. The lowest BCUT2D eigenvalue weighted by Crippen LogP contribution is -2.15. The van der Waals surface area contributed by atoms with Crippen LogP contribution >= 0.6 is 15.9 Å². The summed E-state index contributed by atoms with van der Waals surface area (Å²) < 4.78 is 0.790. The number of fused-ring (bicyclic) bond motifs is 1. The number of rotatable bonds is 4. The van der Waals surface area contributed by atoms with E-state index in [1.807, 2.05) is 44.2 Å². The average molecular weight is 306 g/mol. The van der Waals surface area contributed by atoms with E-state index >= 15 is 0 Å². The molecule has 0 unspecified atom stereocenters. The maximum absolute atomic E-state index is 12.4. The fourth-order valence-electron chi connectivity index (χ4n) is 2.12. The highest BCUT2D eigenvalue weighted by molar-refractivity contribution is 9.10. The normalized spacial score (nSPS) is 11.1. The van der Waals surface area contributed by atoms with E-state index in [-0.39, 0.29) is 11.7 Å². The molecule has 0 fully saturated rings. The predicted molar refractivity (Wildman–Crippen MR) is 77.8 cm³/mol. The fraction of sp³-hybridized carbons (Fsp3) is 0.333. The average Bonchev–Trinajstić information content (AvgIpc) is 2.39. The van der Waals surface area contributed by atoms with E-state index in [4.69, 9.17) is 0 Å². The second-order valence-corrected chi connectivity index (χ2v) is 5.24. The van der Waals surface area contributed by atoms with Crippen LogP contribution in [0.15, 0.2) is 34.8 Å². The van der Waals surface area contributed by atoms with Crippen LogP contribution in [0.4, 0.5) is 0 Å². The molecule has 0 aliphatic rings. The molecule has 0 aliphatic heterocycles. The number of benzene rings is 1. The number of aromatic nitrogens is 1. The number of hydrogen-bond acceptors (Lipinski definition) is 2. The Bertz CT molecular complexity index is 576. The number of carbonyl (C=O) groups excluding carboxylic acids is 1. The van der Waals surface area contributed by atoms with Crippen molar-refractivity contribution >= 4 is 32.6 Å². The fourth-order valence-corrected chi connectivity index (χ4v) is 2.65. The highest BCUT2D eigenvalue weighted by atomic mass is 79.9. The molecule has 2 rings (SSSR count). The van der Waals surface area contributed by atoms with Crippen LogP contribution in [0.3, 0.4) is 0 Å². The number of halogens is 1. The molecule has 2 nitrogen and oxygen atoms in total. The summed E-state index contributed by atoms with van der Waals surface area (Å²) in [5.74, 6) is 0.201. The Balaban J connectivity index is 2.50. The highest BCUT2D eigenvalue weighted by Crippen LogP contribution is 2.25. The van der Waals surface area contributed by atoms with Crippen molar-refractivity contribution in [2.45, 2.75) is 26.7 Å². The maximum atomic E-state index is 12.4. The number of nitrogens with zero attached hydrogens (tertiary/aromatic N) is 1. The SMILES string of the molecule is CCC(CC)C(=O)c1nc2ccccc2cc1Br. The minimum atomic E-state index is 0.0648.